The van der Waals surface area contributed by atoms with Crippen molar-refractivity contribution in [1.82, 2.24) is 9.88 Å². The molecule has 0 bridgehead atoms. The number of nitrogens with zero attached hydrogens (tertiary/aromatic N) is 2. The second kappa shape index (κ2) is 6.73. The highest BCUT2D eigenvalue weighted by atomic mass is 79.9. The SMILES string of the molecule is CC(CN1CCCCC1)Nc1ncc(Br)cc1Cl. The van der Waals surface area contributed by atoms with Gasteiger partial charge in [-0.3, -0.25) is 0 Å². The fourth-order valence-corrected chi connectivity index (χ4v) is 3.01. The minimum Gasteiger partial charge on any atom is -0.365 e. The maximum absolute atomic E-state index is 6.15. The number of rotatable bonds is 4. The highest BCUT2D eigenvalue weighted by molar-refractivity contribution is 9.10. The van der Waals surface area contributed by atoms with E-state index in [0.29, 0.717) is 11.1 Å². The molecule has 1 N–H and O–H groups in total. The summed E-state index contributed by atoms with van der Waals surface area (Å²) in [6, 6.07) is 2.22. The molecule has 1 atom stereocenters. The predicted molar refractivity (Wildman–Crippen MR) is 80.3 cm³/mol. The Morgan fingerprint density at radius 1 is 1.44 bits per heavy atom. The molecule has 1 aliphatic heterocycles. The first kappa shape index (κ1) is 14.1. The first-order valence-corrected chi connectivity index (χ1v) is 7.62. The summed E-state index contributed by atoms with van der Waals surface area (Å²) >= 11 is 9.51. The first-order valence-electron chi connectivity index (χ1n) is 6.45. The lowest BCUT2D eigenvalue weighted by atomic mass is 10.1. The maximum Gasteiger partial charge on any atom is 0.145 e. The van der Waals surface area contributed by atoms with Gasteiger partial charge in [0, 0.05) is 23.3 Å². The van der Waals surface area contributed by atoms with E-state index in [2.05, 4.69) is 38.1 Å². The maximum atomic E-state index is 6.15. The molecule has 1 aliphatic rings. The average molecular weight is 333 g/mol. The van der Waals surface area contributed by atoms with Crippen molar-refractivity contribution in [2.75, 3.05) is 25.0 Å². The molecule has 2 rings (SSSR count). The van der Waals surface area contributed by atoms with E-state index in [1.54, 1.807) is 6.20 Å². The molecule has 0 spiro atoms. The molecular formula is C13H19BrClN3. The number of nitrogens with one attached hydrogen (secondary N) is 1. The third-order valence-corrected chi connectivity index (χ3v) is 3.89. The molecule has 3 nitrogen and oxygen atoms in total. The van der Waals surface area contributed by atoms with Gasteiger partial charge in [-0.15, -0.1) is 0 Å². The normalized spacial score (nSPS) is 18.6. The summed E-state index contributed by atoms with van der Waals surface area (Å²) in [6.45, 7) is 5.66. The zero-order chi connectivity index (χ0) is 13.0. The van der Waals surface area contributed by atoms with Crippen LogP contribution in [0.1, 0.15) is 26.2 Å². The van der Waals surface area contributed by atoms with Gasteiger partial charge in [0.25, 0.3) is 0 Å². The number of anilines is 1. The number of piperidine rings is 1. The summed E-state index contributed by atoms with van der Waals surface area (Å²) in [5.41, 5.74) is 0. The van der Waals surface area contributed by atoms with Gasteiger partial charge in [0.05, 0.1) is 5.02 Å². The zero-order valence-electron chi connectivity index (χ0n) is 10.6. The molecule has 1 aromatic rings. The van der Waals surface area contributed by atoms with E-state index in [1.807, 2.05) is 6.07 Å². The van der Waals surface area contributed by atoms with Crippen LogP contribution in [-0.4, -0.2) is 35.6 Å². The molecule has 18 heavy (non-hydrogen) atoms. The number of aromatic nitrogens is 1. The Hall–Kier alpha value is -0.320. The number of pyridine rings is 1. The van der Waals surface area contributed by atoms with Gasteiger partial charge in [0.2, 0.25) is 0 Å². The summed E-state index contributed by atoms with van der Waals surface area (Å²) in [6.07, 6.45) is 5.79. The van der Waals surface area contributed by atoms with Gasteiger partial charge in [-0.1, -0.05) is 18.0 Å². The minimum absolute atomic E-state index is 0.356. The topological polar surface area (TPSA) is 28.2 Å². The van der Waals surface area contributed by atoms with Crippen LogP contribution < -0.4 is 5.32 Å². The summed E-state index contributed by atoms with van der Waals surface area (Å²) in [5, 5.41) is 4.04. The van der Waals surface area contributed by atoms with Crippen LogP contribution in [-0.2, 0) is 0 Å². The summed E-state index contributed by atoms with van der Waals surface area (Å²) in [7, 11) is 0. The first-order chi connectivity index (χ1) is 8.65. The van der Waals surface area contributed by atoms with Gasteiger partial charge < -0.3 is 10.2 Å². The van der Waals surface area contributed by atoms with Crippen LogP contribution in [0.25, 0.3) is 0 Å². The van der Waals surface area contributed by atoms with Crippen molar-refractivity contribution in [3.63, 3.8) is 0 Å². The van der Waals surface area contributed by atoms with E-state index < -0.39 is 0 Å². The van der Waals surface area contributed by atoms with Gasteiger partial charge in [-0.2, -0.15) is 0 Å². The quantitative estimate of drug-likeness (QED) is 0.909. The van der Waals surface area contributed by atoms with E-state index >= 15 is 0 Å². The Kier molecular flexibility index (Phi) is 5.27. The molecule has 1 saturated heterocycles. The highest BCUT2D eigenvalue weighted by Crippen LogP contribution is 2.23. The van der Waals surface area contributed by atoms with Crippen LogP contribution in [0.3, 0.4) is 0 Å². The Bertz CT molecular complexity index is 394. The van der Waals surface area contributed by atoms with Crippen molar-refractivity contribution in [3.8, 4) is 0 Å². The lowest BCUT2D eigenvalue weighted by molar-refractivity contribution is 0.223. The molecule has 0 radical (unpaired) electrons. The summed E-state index contributed by atoms with van der Waals surface area (Å²) in [5.74, 6) is 0.768. The second-order valence-electron chi connectivity index (χ2n) is 4.89. The molecule has 1 fully saturated rings. The van der Waals surface area contributed by atoms with E-state index in [0.717, 1.165) is 16.8 Å². The fraction of sp³-hybridized carbons (Fsp3) is 0.615. The van der Waals surface area contributed by atoms with E-state index in [1.165, 1.54) is 32.4 Å². The molecule has 0 amide bonds. The van der Waals surface area contributed by atoms with Crippen molar-refractivity contribution in [2.24, 2.45) is 0 Å². The van der Waals surface area contributed by atoms with Crippen molar-refractivity contribution >= 4 is 33.3 Å². The summed E-state index contributed by atoms with van der Waals surface area (Å²) < 4.78 is 0.904. The van der Waals surface area contributed by atoms with Crippen molar-refractivity contribution in [3.05, 3.63) is 21.8 Å². The average Bonchev–Trinajstić information content (AvgIpc) is 2.34. The molecule has 0 aliphatic carbocycles. The van der Waals surface area contributed by atoms with Gasteiger partial charge in [0.1, 0.15) is 5.82 Å². The van der Waals surface area contributed by atoms with E-state index in [9.17, 15) is 0 Å². The zero-order valence-corrected chi connectivity index (χ0v) is 13.0. The van der Waals surface area contributed by atoms with Crippen molar-refractivity contribution in [2.45, 2.75) is 32.2 Å². The van der Waals surface area contributed by atoms with Crippen LogP contribution in [0.4, 0.5) is 5.82 Å². The lowest BCUT2D eigenvalue weighted by Gasteiger charge is -2.29. The Morgan fingerprint density at radius 3 is 2.83 bits per heavy atom. The molecule has 5 heteroatoms. The standard InChI is InChI=1S/C13H19BrClN3/c1-10(9-18-5-3-2-4-6-18)17-13-12(15)7-11(14)8-16-13/h7-8,10H,2-6,9H2,1H3,(H,16,17). The Balaban J connectivity index is 1.87. The van der Waals surface area contributed by atoms with Gasteiger partial charge >= 0.3 is 0 Å². The third kappa shape index (κ3) is 4.11. The number of halogens is 2. The summed E-state index contributed by atoms with van der Waals surface area (Å²) in [4.78, 5) is 6.81. The van der Waals surface area contributed by atoms with Gasteiger partial charge in [0.15, 0.2) is 0 Å². The Morgan fingerprint density at radius 2 is 2.17 bits per heavy atom. The molecule has 2 heterocycles. The highest BCUT2D eigenvalue weighted by Gasteiger charge is 2.14. The van der Waals surface area contributed by atoms with Crippen LogP contribution >= 0.6 is 27.5 Å². The van der Waals surface area contributed by atoms with E-state index in [-0.39, 0.29) is 0 Å². The molecular weight excluding hydrogens is 314 g/mol. The molecule has 0 aromatic carbocycles. The van der Waals surface area contributed by atoms with Crippen LogP contribution in [0.15, 0.2) is 16.7 Å². The third-order valence-electron chi connectivity index (χ3n) is 3.17. The van der Waals surface area contributed by atoms with Gasteiger partial charge in [-0.05, 0) is 54.9 Å². The van der Waals surface area contributed by atoms with E-state index in [4.69, 9.17) is 11.6 Å². The fourth-order valence-electron chi connectivity index (χ4n) is 2.33. The minimum atomic E-state index is 0.356. The van der Waals surface area contributed by atoms with Crippen LogP contribution in [0.5, 0.6) is 0 Å². The lowest BCUT2D eigenvalue weighted by Crippen LogP contribution is -2.38. The molecule has 0 saturated carbocycles. The molecule has 1 aromatic heterocycles. The largest absolute Gasteiger partial charge is 0.365 e. The van der Waals surface area contributed by atoms with Crippen LogP contribution in [0.2, 0.25) is 5.02 Å². The smallest absolute Gasteiger partial charge is 0.145 e. The predicted octanol–water partition coefficient (Wildman–Crippen LogP) is 3.78. The van der Waals surface area contributed by atoms with Crippen molar-refractivity contribution in [1.29, 1.82) is 0 Å². The molecule has 1 unspecified atom stereocenters. The number of hydrogen-bond acceptors (Lipinski definition) is 3. The number of hydrogen-bond donors (Lipinski definition) is 1. The van der Waals surface area contributed by atoms with Gasteiger partial charge in [-0.25, -0.2) is 4.98 Å². The Labute approximate surface area is 122 Å². The monoisotopic (exact) mass is 331 g/mol. The number of likely N-dealkylation sites (tertiary alicyclic amines) is 1. The van der Waals surface area contributed by atoms with Crippen LogP contribution in [0, 0.1) is 0 Å². The van der Waals surface area contributed by atoms with Crippen molar-refractivity contribution < 1.29 is 0 Å². The second-order valence-corrected chi connectivity index (χ2v) is 6.21. The molecule has 100 valence electrons.